The highest BCUT2D eigenvalue weighted by molar-refractivity contribution is 5.96. The minimum atomic E-state index is -0.327. The van der Waals surface area contributed by atoms with Gasteiger partial charge >= 0.3 is 0 Å². The summed E-state index contributed by atoms with van der Waals surface area (Å²) in [6.45, 7) is 4.03. The molecule has 1 aromatic carbocycles. The Morgan fingerprint density at radius 3 is 2.43 bits per heavy atom. The van der Waals surface area contributed by atoms with Crippen LogP contribution in [0.4, 0.5) is 4.39 Å². The molecule has 1 aliphatic rings. The molecule has 1 fully saturated rings. The smallest absolute Gasteiger partial charge is 0.217 e. The number of hydrogen-bond acceptors (Lipinski definition) is 3. The fraction of sp³-hybridized carbons (Fsp3) is 0.500. The van der Waals surface area contributed by atoms with E-state index in [1.54, 1.807) is 0 Å². The Kier molecular flexibility index (Phi) is 5.44. The number of ketones is 1. The van der Waals surface area contributed by atoms with Gasteiger partial charge in [-0.1, -0.05) is 0 Å². The third kappa shape index (κ3) is 4.93. The molecule has 1 heterocycles. The zero-order valence-corrected chi connectivity index (χ0v) is 12.3. The quantitative estimate of drug-likeness (QED) is 0.845. The Bertz CT molecular complexity index is 494. The lowest BCUT2D eigenvalue weighted by atomic mass is 10.0. The van der Waals surface area contributed by atoms with E-state index in [4.69, 9.17) is 0 Å². The van der Waals surface area contributed by atoms with E-state index < -0.39 is 0 Å². The molecule has 1 aromatic rings. The number of nitrogens with one attached hydrogen (secondary N) is 1. The first-order chi connectivity index (χ1) is 10.0. The van der Waals surface area contributed by atoms with Gasteiger partial charge in [-0.05, 0) is 37.1 Å². The fourth-order valence-electron chi connectivity index (χ4n) is 2.63. The van der Waals surface area contributed by atoms with E-state index in [1.807, 2.05) is 0 Å². The molecule has 0 spiro atoms. The van der Waals surface area contributed by atoms with Crippen molar-refractivity contribution in [2.45, 2.75) is 32.2 Å². The normalized spacial score (nSPS) is 16.7. The van der Waals surface area contributed by atoms with Gasteiger partial charge in [0, 0.05) is 44.6 Å². The molecule has 4 nitrogen and oxygen atoms in total. The molecule has 0 radical (unpaired) electrons. The van der Waals surface area contributed by atoms with E-state index in [1.165, 1.54) is 31.2 Å². The molecular formula is C16H21FN2O2. The minimum absolute atomic E-state index is 0.0138. The highest BCUT2D eigenvalue weighted by atomic mass is 19.1. The maximum Gasteiger partial charge on any atom is 0.217 e. The Hall–Kier alpha value is -1.75. The van der Waals surface area contributed by atoms with Gasteiger partial charge < -0.3 is 10.2 Å². The Morgan fingerprint density at radius 2 is 1.86 bits per heavy atom. The van der Waals surface area contributed by atoms with Gasteiger partial charge in [0.05, 0.1) is 0 Å². The number of rotatable bonds is 5. The molecular weight excluding hydrogens is 271 g/mol. The summed E-state index contributed by atoms with van der Waals surface area (Å²) in [5.41, 5.74) is 0.560. The van der Waals surface area contributed by atoms with Crippen LogP contribution in [0.25, 0.3) is 0 Å². The fourth-order valence-corrected chi connectivity index (χ4v) is 2.63. The number of nitrogens with zero attached hydrogens (tertiary/aromatic N) is 1. The average Bonchev–Trinajstić information content (AvgIpc) is 2.46. The van der Waals surface area contributed by atoms with Gasteiger partial charge in [0.15, 0.2) is 5.78 Å². The standard InChI is InChI=1S/C16H21FN2O2/c1-12(20)18-15-6-9-19(10-7-15)11-8-16(21)13-2-4-14(17)5-3-13/h2-5,15H,6-11H2,1H3,(H,18,20). The number of hydrogen-bond donors (Lipinski definition) is 1. The van der Waals surface area contributed by atoms with E-state index >= 15 is 0 Å². The largest absolute Gasteiger partial charge is 0.354 e. The molecule has 1 aliphatic heterocycles. The lowest BCUT2D eigenvalue weighted by Gasteiger charge is -2.31. The molecule has 1 amide bonds. The molecule has 1 N–H and O–H groups in total. The summed E-state index contributed by atoms with van der Waals surface area (Å²) in [5, 5.41) is 2.93. The van der Waals surface area contributed by atoms with Crippen molar-refractivity contribution in [3.8, 4) is 0 Å². The maximum absolute atomic E-state index is 12.8. The van der Waals surface area contributed by atoms with Crippen LogP contribution in [0.5, 0.6) is 0 Å². The van der Waals surface area contributed by atoms with Gasteiger partial charge in [-0.2, -0.15) is 0 Å². The summed E-state index contributed by atoms with van der Waals surface area (Å²) in [4.78, 5) is 25.2. The average molecular weight is 292 g/mol. The molecule has 114 valence electrons. The number of Topliss-reactive ketones (excluding diaryl/α,β-unsaturated/α-hetero) is 1. The first-order valence-corrected chi connectivity index (χ1v) is 7.33. The van der Waals surface area contributed by atoms with Crippen LogP contribution in [0.3, 0.4) is 0 Å². The summed E-state index contributed by atoms with van der Waals surface area (Å²) in [6.07, 6.45) is 2.28. The number of halogens is 1. The van der Waals surface area contributed by atoms with Crippen LogP contribution in [0, 0.1) is 5.82 Å². The monoisotopic (exact) mass is 292 g/mol. The van der Waals surface area contributed by atoms with E-state index in [9.17, 15) is 14.0 Å². The van der Waals surface area contributed by atoms with Crippen LogP contribution in [0.2, 0.25) is 0 Å². The van der Waals surface area contributed by atoms with Crippen molar-refractivity contribution in [3.05, 3.63) is 35.6 Å². The second-order valence-corrected chi connectivity index (χ2v) is 5.50. The van der Waals surface area contributed by atoms with Crippen molar-refractivity contribution in [1.29, 1.82) is 0 Å². The zero-order chi connectivity index (χ0) is 15.2. The predicted octanol–water partition coefficient (Wildman–Crippen LogP) is 2.00. The highest BCUT2D eigenvalue weighted by Crippen LogP contribution is 2.12. The first-order valence-electron chi connectivity index (χ1n) is 7.33. The summed E-state index contributed by atoms with van der Waals surface area (Å²) in [7, 11) is 0. The van der Waals surface area contributed by atoms with Gasteiger partial charge in [-0.3, -0.25) is 9.59 Å². The lowest BCUT2D eigenvalue weighted by Crippen LogP contribution is -2.44. The van der Waals surface area contributed by atoms with Gasteiger partial charge in [-0.25, -0.2) is 4.39 Å². The molecule has 0 unspecified atom stereocenters. The van der Waals surface area contributed by atoms with Crippen LogP contribution in [-0.4, -0.2) is 42.3 Å². The predicted molar refractivity (Wildman–Crippen MR) is 78.6 cm³/mol. The topological polar surface area (TPSA) is 49.4 Å². The lowest BCUT2D eigenvalue weighted by molar-refractivity contribution is -0.119. The molecule has 21 heavy (non-hydrogen) atoms. The number of carbonyl (C=O) groups is 2. The molecule has 5 heteroatoms. The van der Waals surface area contributed by atoms with Crippen molar-refractivity contribution in [3.63, 3.8) is 0 Å². The number of carbonyl (C=O) groups excluding carboxylic acids is 2. The van der Waals surface area contributed by atoms with Gasteiger partial charge in [0.2, 0.25) is 5.91 Å². The number of amides is 1. The van der Waals surface area contributed by atoms with E-state index in [0.29, 0.717) is 18.5 Å². The van der Waals surface area contributed by atoms with Crippen molar-refractivity contribution < 1.29 is 14.0 Å². The van der Waals surface area contributed by atoms with Crippen molar-refractivity contribution in [1.82, 2.24) is 10.2 Å². The number of likely N-dealkylation sites (tertiary alicyclic amines) is 1. The van der Waals surface area contributed by atoms with E-state index in [0.717, 1.165) is 25.9 Å². The first kappa shape index (κ1) is 15.6. The summed E-state index contributed by atoms with van der Waals surface area (Å²) in [6, 6.07) is 5.94. The van der Waals surface area contributed by atoms with Crippen LogP contribution in [0.15, 0.2) is 24.3 Å². The molecule has 1 saturated heterocycles. The summed E-state index contributed by atoms with van der Waals surface area (Å²) < 4.78 is 12.8. The SMILES string of the molecule is CC(=O)NC1CCN(CCC(=O)c2ccc(F)cc2)CC1. The van der Waals surface area contributed by atoms with Crippen molar-refractivity contribution in [2.75, 3.05) is 19.6 Å². The van der Waals surface area contributed by atoms with E-state index in [2.05, 4.69) is 10.2 Å². The Morgan fingerprint density at radius 1 is 1.24 bits per heavy atom. The van der Waals surface area contributed by atoms with Crippen molar-refractivity contribution >= 4 is 11.7 Å². The maximum atomic E-state index is 12.8. The number of piperidine rings is 1. The van der Waals surface area contributed by atoms with Gasteiger partial charge in [-0.15, -0.1) is 0 Å². The van der Waals surface area contributed by atoms with Crippen LogP contribution >= 0.6 is 0 Å². The zero-order valence-electron chi connectivity index (χ0n) is 12.3. The molecule has 0 bridgehead atoms. The van der Waals surface area contributed by atoms with Gasteiger partial charge in [0.25, 0.3) is 0 Å². The molecule has 0 atom stereocenters. The summed E-state index contributed by atoms with van der Waals surface area (Å²) >= 11 is 0. The summed E-state index contributed by atoms with van der Waals surface area (Å²) in [5.74, 6) is -0.273. The minimum Gasteiger partial charge on any atom is -0.354 e. The second kappa shape index (κ2) is 7.31. The van der Waals surface area contributed by atoms with Crippen LogP contribution < -0.4 is 5.32 Å². The second-order valence-electron chi connectivity index (χ2n) is 5.50. The third-order valence-corrected chi connectivity index (χ3v) is 3.82. The molecule has 0 aromatic heterocycles. The Labute approximate surface area is 124 Å². The van der Waals surface area contributed by atoms with Crippen LogP contribution in [0.1, 0.15) is 36.5 Å². The van der Waals surface area contributed by atoms with Crippen LogP contribution in [-0.2, 0) is 4.79 Å². The van der Waals surface area contributed by atoms with E-state index in [-0.39, 0.29) is 23.5 Å². The van der Waals surface area contributed by atoms with Gasteiger partial charge in [0.1, 0.15) is 5.82 Å². The number of benzene rings is 1. The Balaban J connectivity index is 1.73. The highest BCUT2D eigenvalue weighted by Gasteiger charge is 2.20. The third-order valence-electron chi connectivity index (χ3n) is 3.82. The van der Waals surface area contributed by atoms with Crippen molar-refractivity contribution in [2.24, 2.45) is 0 Å². The molecule has 2 rings (SSSR count). The molecule has 0 saturated carbocycles. The molecule has 0 aliphatic carbocycles.